The van der Waals surface area contributed by atoms with Crippen molar-refractivity contribution in [1.29, 1.82) is 0 Å². The standard InChI is InChI=1S/C21H16F2N4OS/c22-17-7-4-8-18(20(17)23)29-13-15-11-16(12-28)27-21(24-15)25-19(26-27)10-9-14-5-2-1-3-6-14/h1-8,11-12H,9-10,13H2. The summed E-state index contributed by atoms with van der Waals surface area (Å²) in [6.45, 7) is 0. The van der Waals surface area contributed by atoms with Crippen LogP contribution < -0.4 is 0 Å². The van der Waals surface area contributed by atoms with Crippen molar-refractivity contribution in [3.05, 3.63) is 89.0 Å². The Hall–Kier alpha value is -3.13. The number of aryl methyl sites for hydroxylation is 2. The Morgan fingerprint density at radius 2 is 1.83 bits per heavy atom. The Balaban J connectivity index is 1.54. The predicted molar refractivity (Wildman–Crippen MR) is 106 cm³/mol. The zero-order chi connectivity index (χ0) is 20.2. The molecule has 2 aromatic carbocycles. The van der Waals surface area contributed by atoms with E-state index in [0.717, 1.165) is 24.2 Å². The van der Waals surface area contributed by atoms with Crippen LogP contribution in [0, 0.1) is 11.6 Å². The number of thioether (sulfide) groups is 1. The van der Waals surface area contributed by atoms with Crippen molar-refractivity contribution in [2.45, 2.75) is 23.5 Å². The van der Waals surface area contributed by atoms with Gasteiger partial charge in [-0.3, -0.25) is 4.79 Å². The number of benzene rings is 2. The van der Waals surface area contributed by atoms with Gasteiger partial charge in [0.2, 0.25) is 0 Å². The fourth-order valence-electron chi connectivity index (χ4n) is 2.90. The molecule has 0 N–H and O–H groups in total. The summed E-state index contributed by atoms with van der Waals surface area (Å²) in [7, 11) is 0. The van der Waals surface area contributed by atoms with Gasteiger partial charge in [0.05, 0.1) is 5.69 Å². The normalized spacial score (nSPS) is 11.1. The Labute approximate surface area is 169 Å². The van der Waals surface area contributed by atoms with E-state index in [0.29, 0.717) is 35.7 Å². The largest absolute Gasteiger partial charge is 0.296 e. The van der Waals surface area contributed by atoms with Crippen molar-refractivity contribution in [3.63, 3.8) is 0 Å². The van der Waals surface area contributed by atoms with Crippen LogP contribution in [0.3, 0.4) is 0 Å². The van der Waals surface area contributed by atoms with Crippen LogP contribution in [0.15, 0.2) is 59.5 Å². The Kier molecular flexibility index (Phi) is 5.62. The van der Waals surface area contributed by atoms with Crippen LogP contribution in [0.5, 0.6) is 0 Å². The first-order valence-corrected chi connectivity index (χ1v) is 9.94. The second-order valence-corrected chi connectivity index (χ2v) is 7.37. The maximum atomic E-state index is 13.8. The SMILES string of the molecule is O=Cc1cc(CSc2cccc(F)c2F)nc2nc(CCc3ccccc3)nn12. The molecular weight excluding hydrogens is 394 g/mol. The van der Waals surface area contributed by atoms with Crippen LogP contribution in [-0.4, -0.2) is 25.9 Å². The summed E-state index contributed by atoms with van der Waals surface area (Å²) in [6.07, 6.45) is 2.07. The number of fused-ring (bicyclic) bond motifs is 1. The molecule has 0 atom stereocenters. The number of halogens is 2. The van der Waals surface area contributed by atoms with Crippen LogP contribution in [0.1, 0.15) is 27.6 Å². The number of aldehydes is 1. The van der Waals surface area contributed by atoms with Crippen LogP contribution in [0.4, 0.5) is 8.78 Å². The van der Waals surface area contributed by atoms with E-state index in [4.69, 9.17) is 0 Å². The van der Waals surface area contributed by atoms with Gasteiger partial charge in [0.1, 0.15) is 5.69 Å². The molecule has 0 aliphatic carbocycles. The highest BCUT2D eigenvalue weighted by molar-refractivity contribution is 7.98. The van der Waals surface area contributed by atoms with Crippen LogP contribution in [-0.2, 0) is 18.6 Å². The molecule has 0 saturated carbocycles. The minimum absolute atomic E-state index is 0.185. The fourth-order valence-corrected chi connectivity index (χ4v) is 3.75. The van der Waals surface area contributed by atoms with Gasteiger partial charge in [0, 0.05) is 17.1 Å². The monoisotopic (exact) mass is 410 g/mol. The molecule has 0 radical (unpaired) electrons. The minimum atomic E-state index is -0.896. The molecule has 29 heavy (non-hydrogen) atoms. The molecule has 0 aliphatic heterocycles. The predicted octanol–water partition coefficient (Wildman–Crippen LogP) is 4.29. The molecule has 0 amide bonds. The van der Waals surface area contributed by atoms with E-state index in [2.05, 4.69) is 15.1 Å². The number of nitrogens with zero attached hydrogens (tertiary/aromatic N) is 4. The van der Waals surface area contributed by atoms with E-state index in [9.17, 15) is 13.6 Å². The van der Waals surface area contributed by atoms with Gasteiger partial charge in [-0.05, 0) is 30.2 Å². The number of aromatic nitrogens is 4. The second kappa shape index (κ2) is 8.48. The minimum Gasteiger partial charge on any atom is -0.296 e. The third kappa shape index (κ3) is 4.32. The molecule has 2 aromatic heterocycles. The zero-order valence-corrected chi connectivity index (χ0v) is 16.1. The average Bonchev–Trinajstić information content (AvgIpc) is 3.16. The van der Waals surface area contributed by atoms with E-state index in [1.807, 2.05) is 30.3 Å². The van der Waals surface area contributed by atoms with Gasteiger partial charge in [0.15, 0.2) is 23.7 Å². The van der Waals surface area contributed by atoms with E-state index >= 15 is 0 Å². The van der Waals surface area contributed by atoms with Gasteiger partial charge in [0.25, 0.3) is 5.78 Å². The number of hydrogen-bond acceptors (Lipinski definition) is 5. The fraction of sp³-hybridized carbons (Fsp3) is 0.143. The Morgan fingerprint density at radius 3 is 2.62 bits per heavy atom. The second-order valence-electron chi connectivity index (χ2n) is 6.36. The van der Waals surface area contributed by atoms with Crippen LogP contribution in [0.25, 0.3) is 5.78 Å². The van der Waals surface area contributed by atoms with Gasteiger partial charge in [-0.25, -0.2) is 13.8 Å². The molecule has 0 fully saturated rings. The maximum absolute atomic E-state index is 13.8. The summed E-state index contributed by atoms with van der Waals surface area (Å²) in [5, 5.41) is 4.38. The maximum Gasteiger partial charge on any atom is 0.253 e. The lowest BCUT2D eigenvalue weighted by molar-refractivity contribution is 0.111. The topological polar surface area (TPSA) is 60.2 Å². The lowest BCUT2D eigenvalue weighted by Gasteiger charge is -2.05. The molecule has 0 saturated heterocycles. The third-order valence-electron chi connectivity index (χ3n) is 4.33. The van der Waals surface area contributed by atoms with Crippen LogP contribution in [0.2, 0.25) is 0 Å². The van der Waals surface area contributed by atoms with Crippen molar-refractivity contribution < 1.29 is 13.6 Å². The molecule has 0 spiro atoms. The smallest absolute Gasteiger partial charge is 0.253 e. The zero-order valence-electron chi connectivity index (χ0n) is 15.3. The van der Waals surface area contributed by atoms with Crippen LogP contribution >= 0.6 is 11.8 Å². The van der Waals surface area contributed by atoms with Crippen molar-refractivity contribution >= 4 is 23.8 Å². The van der Waals surface area contributed by atoms with Crippen molar-refractivity contribution in [2.24, 2.45) is 0 Å². The van der Waals surface area contributed by atoms with Crippen molar-refractivity contribution in [3.8, 4) is 0 Å². The van der Waals surface area contributed by atoms with Gasteiger partial charge >= 0.3 is 0 Å². The molecule has 8 heteroatoms. The summed E-state index contributed by atoms with van der Waals surface area (Å²) in [6, 6.07) is 15.6. The van der Waals surface area contributed by atoms with E-state index in [1.54, 1.807) is 6.07 Å². The summed E-state index contributed by atoms with van der Waals surface area (Å²) in [5.74, 6) is -0.616. The number of hydrogen-bond donors (Lipinski definition) is 0. The molecule has 0 bridgehead atoms. The average molecular weight is 410 g/mol. The molecule has 2 heterocycles. The quantitative estimate of drug-likeness (QED) is 0.336. The first-order chi connectivity index (χ1) is 14.1. The molecule has 146 valence electrons. The van der Waals surface area contributed by atoms with Gasteiger partial charge in [-0.1, -0.05) is 36.4 Å². The first kappa shape index (κ1) is 19.2. The van der Waals surface area contributed by atoms with Gasteiger partial charge in [-0.15, -0.1) is 16.9 Å². The molecule has 4 rings (SSSR count). The Bertz CT molecular complexity index is 1160. The Morgan fingerprint density at radius 1 is 1.00 bits per heavy atom. The third-order valence-corrected chi connectivity index (χ3v) is 5.40. The number of carbonyl (C=O) groups is 1. The molecule has 0 unspecified atom stereocenters. The van der Waals surface area contributed by atoms with Gasteiger partial charge < -0.3 is 0 Å². The number of rotatable bonds is 7. The molecule has 0 aliphatic rings. The number of carbonyl (C=O) groups excluding carboxylic acids is 1. The van der Waals surface area contributed by atoms with Gasteiger partial charge in [-0.2, -0.15) is 9.50 Å². The highest BCUT2D eigenvalue weighted by atomic mass is 32.2. The highest BCUT2D eigenvalue weighted by Gasteiger charge is 2.13. The lowest BCUT2D eigenvalue weighted by atomic mass is 10.1. The first-order valence-electron chi connectivity index (χ1n) is 8.95. The lowest BCUT2D eigenvalue weighted by Crippen LogP contribution is -2.03. The highest BCUT2D eigenvalue weighted by Crippen LogP contribution is 2.26. The molecule has 4 aromatic rings. The van der Waals surface area contributed by atoms with E-state index < -0.39 is 11.6 Å². The summed E-state index contributed by atoms with van der Waals surface area (Å²) in [4.78, 5) is 20.5. The van der Waals surface area contributed by atoms with E-state index in [-0.39, 0.29) is 10.6 Å². The summed E-state index contributed by atoms with van der Waals surface area (Å²) < 4.78 is 28.6. The molecule has 5 nitrogen and oxygen atoms in total. The van der Waals surface area contributed by atoms with E-state index in [1.165, 1.54) is 22.2 Å². The summed E-state index contributed by atoms with van der Waals surface area (Å²) in [5.41, 5.74) is 2.02. The van der Waals surface area contributed by atoms with Crippen molar-refractivity contribution in [2.75, 3.05) is 0 Å². The summed E-state index contributed by atoms with van der Waals surface area (Å²) >= 11 is 1.11. The van der Waals surface area contributed by atoms with Crippen molar-refractivity contribution in [1.82, 2.24) is 19.6 Å². The molecular formula is C21H16F2N4OS.